The van der Waals surface area contributed by atoms with Crippen LogP contribution in [0.1, 0.15) is 59.8 Å². The third kappa shape index (κ3) is 7.19. The number of hydrogen-bond acceptors (Lipinski definition) is 4. The van der Waals surface area contributed by atoms with Crippen molar-refractivity contribution in [1.82, 2.24) is 0 Å². The Bertz CT molecular complexity index is 239. The molecule has 0 heterocycles. The van der Waals surface area contributed by atoms with E-state index in [0.717, 1.165) is 25.7 Å². The highest BCUT2D eigenvalue weighted by atomic mass is 16.6. The van der Waals surface area contributed by atoms with Crippen molar-refractivity contribution in [2.45, 2.75) is 59.8 Å². The van der Waals surface area contributed by atoms with E-state index in [-0.39, 0.29) is 0 Å². The summed E-state index contributed by atoms with van der Waals surface area (Å²) in [5, 5.41) is 0. The second-order valence-electron chi connectivity index (χ2n) is 4.81. The molecule has 0 N–H and O–H groups in total. The van der Waals surface area contributed by atoms with Crippen LogP contribution >= 0.6 is 0 Å². The molecule has 0 aliphatic carbocycles. The van der Waals surface area contributed by atoms with E-state index in [1.54, 1.807) is 0 Å². The van der Waals surface area contributed by atoms with Gasteiger partial charge in [0.1, 0.15) is 0 Å². The molecule has 0 saturated heterocycles. The predicted molar refractivity (Wildman–Crippen MR) is 74.7 cm³/mol. The first-order valence-electron chi connectivity index (χ1n) is 7.43. The van der Waals surface area contributed by atoms with Gasteiger partial charge in [-0.25, -0.2) is 0 Å². The molecule has 0 amide bonds. The summed E-state index contributed by atoms with van der Waals surface area (Å²) in [5.74, 6) is -1.28. The molecule has 0 unspecified atom stereocenters. The number of esters is 2. The van der Waals surface area contributed by atoms with E-state index in [1.807, 2.05) is 13.8 Å². The molecular formula is C15H28O4. The zero-order chi connectivity index (χ0) is 14.7. The summed E-state index contributed by atoms with van der Waals surface area (Å²) >= 11 is 0. The molecule has 112 valence electrons. The standard InChI is InChI=1S/C15H28O4/c1-5-9-18-14(16)13(11-12(7-3)8-4)15(17)19-10-6-2/h12-13H,5-11H2,1-4H3. The van der Waals surface area contributed by atoms with Gasteiger partial charge in [-0.05, 0) is 25.2 Å². The van der Waals surface area contributed by atoms with Gasteiger partial charge < -0.3 is 9.47 Å². The van der Waals surface area contributed by atoms with Gasteiger partial charge in [0.05, 0.1) is 13.2 Å². The minimum Gasteiger partial charge on any atom is -0.465 e. The van der Waals surface area contributed by atoms with Crippen molar-refractivity contribution in [3.63, 3.8) is 0 Å². The van der Waals surface area contributed by atoms with Crippen LogP contribution in [-0.2, 0) is 19.1 Å². The first kappa shape index (κ1) is 17.9. The zero-order valence-corrected chi connectivity index (χ0v) is 12.7. The molecule has 0 saturated carbocycles. The molecule has 4 heteroatoms. The average Bonchev–Trinajstić information content (AvgIpc) is 2.43. The summed E-state index contributed by atoms with van der Waals surface area (Å²) in [6, 6.07) is 0. The molecule has 4 nitrogen and oxygen atoms in total. The van der Waals surface area contributed by atoms with Gasteiger partial charge in [0.15, 0.2) is 5.92 Å². The van der Waals surface area contributed by atoms with Crippen LogP contribution in [0.15, 0.2) is 0 Å². The Morgan fingerprint density at radius 1 is 0.842 bits per heavy atom. The summed E-state index contributed by atoms with van der Waals surface area (Å²) in [4.78, 5) is 23.9. The zero-order valence-electron chi connectivity index (χ0n) is 12.7. The molecule has 0 aliphatic rings. The lowest BCUT2D eigenvalue weighted by atomic mass is 9.90. The average molecular weight is 272 g/mol. The summed E-state index contributed by atoms with van der Waals surface area (Å²) in [6.07, 6.45) is 3.95. The smallest absolute Gasteiger partial charge is 0.320 e. The topological polar surface area (TPSA) is 52.6 Å². The number of ether oxygens (including phenoxy) is 2. The number of carbonyl (C=O) groups is 2. The maximum atomic E-state index is 12.0. The van der Waals surface area contributed by atoms with Gasteiger partial charge in [-0.1, -0.05) is 40.5 Å². The van der Waals surface area contributed by atoms with Crippen LogP contribution < -0.4 is 0 Å². The van der Waals surface area contributed by atoms with Gasteiger partial charge in [0.25, 0.3) is 0 Å². The fourth-order valence-corrected chi connectivity index (χ4v) is 1.85. The summed E-state index contributed by atoms with van der Waals surface area (Å²) in [6.45, 7) is 8.72. The first-order chi connectivity index (χ1) is 9.10. The summed E-state index contributed by atoms with van der Waals surface area (Å²) in [5.41, 5.74) is 0. The van der Waals surface area contributed by atoms with Gasteiger partial charge in [-0.2, -0.15) is 0 Å². The highest BCUT2D eigenvalue weighted by molar-refractivity contribution is 5.94. The van der Waals surface area contributed by atoms with E-state index in [1.165, 1.54) is 0 Å². The third-order valence-corrected chi connectivity index (χ3v) is 3.19. The molecule has 0 radical (unpaired) electrons. The highest BCUT2D eigenvalue weighted by Gasteiger charge is 2.31. The first-order valence-corrected chi connectivity index (χ1v) is 7.43. The maximum absolute atomic E-state index is 12.0. The van der Waals surface area contributed by atoms with Crippen LogP contribution in [0.5, 0.6) is 0 Å². The minimum absolute atomic E-state index is 0.355. The Balaban J connectivity index is 4.61. The third-order valence-electron chi connectivity index (χ3n) is 3.19. The van der Waals surface area contributed by atoms with Gasteiger partial charge in [0, 0.05) is 0 Å². The monoisotopic (exact) mass is 272 g/mol. The number of carbonyl (C=O) groups excluding carboxylic acids is 2. The number of hydrogen-bond donors (Lipinski definition) is 0. The molecule has 0 aliphatic heterocycles. The van der Waals surface area contributed by atoms with Crippen LogP contribution in [0.4, 0.5) is 0 Å². The Labute approximate surface area is 116 Å². The van der Waals surface area contributed by atoms with Crippen LogP contribution in [0, 0.1) is 11.8 Å². The van der Waals surface area contributed by atoms with Crippen molar-refractivity contribution >= 4 is 11.9 Å². The van der Waals surface area contributed by atoms with Crippen molar-refractivity contribution in [3.8, 4) is 0 Å². The molecule has 0 rings (SSSR count). The van der Waals surface area contributed by atoms with Crippen LogP contribution in [-0.4, -0.2) is 25.2 Å². The molecular weight excluding hydrogens is 244 g/mol. The normalized spacial score (nSPS) is 10.8. The molecule has 0 fully saturated rings. The van der Waals surface area contributed by atoms with E-state index >= 15 is 0 Å². The molecule has 0 bridgehead atoms. The summed E-state index contributed by atoms with van der Waals surface area (Å²) < 4.78 is 10.2. The fraction of sp³-hybridized carbons (Fsp3) is 0.867. The summed E-state index contributed by atoms with van der Waals surface area (Å²) in [7, 11) is 0. The SMILES string of the molecule is CCCOC(=O)C(CC(CC)CC)C(=O)OCCC. The molecule has 0 atom stereocenters. The van der Waals surface area contributed by atoms with E-state index < -0.39 is 17.9 Å². The Morgan fingerprint density at radius 2 is 1.26 bits per heavy atom. The minimum atomic E-state index is -0.761. The van der Waals surface area contributed by atoms with E-state index in [4.69, 9.17) is 9.47 Å². The van der Waals surface area contributed by atoms with Crippen LogP contribution in [0.2, 0.25) is 0 Å². The van der Waals surface area contributed by atoms with Crippen molar-refractivity contribution < 1.29 is 19.1 Å². The van der Waals surface area contributed by atoms with Gasteiger partial charge >= 0.3 is 11.9 Å². The second kappa shape index (κ2) is 10.8. The lowest BCUT2D eigenvalue weighted by Gasteiger charge is -2.19. The molecule has 0 spiro atoms. The predicted octanol–water partition coefficient (Wildman–Crippen LogP) is 3.34. The molecule has 19 heavy (non-hydrogen) atoms. The van der Waals surface area contributed by atoms with Crippen molar-refractivity contribution in [2.24, 2.45) is 11.8 Å². The van der Waals surface area contributed by atoms with E-state index in [9.17, 15) is 9.59 Å². The second-order valence-corrected chi connectivity index (χ2v) is 4.81. The van der Waals surface area contributed by atoms with Crippen LogP contribution in [0.3, 0.4) is 0 Å². The Hall–Kier alpha value is -1.06. The Kier molecular flexibility index (Phi) is 10.2. The fourth-order valence-electron chi connectivity index (χ4n) is 1.85. The molecule has 0 aromatic rings. The van der Waals surface area contributed by atoms with Crippen molar-refractivity contribution in [3.05, 3.63) is 0 Å². The lowest BCUT2D eigenvalue weighted by molar-refractivity contribution is -0.163. The van der Waals surface area contributed by atoms with Gasteiger partial charge in [0.2, 0.25) is 0 Å². The quantitative estimate of drug-likeness (QED) is 0.452. The van der Waals surface area contributed by atoms with Gasteiger partial charge in [-0.3, -0.25) is 9.59 Å². The largest absolute Gasteiger partial charge is 0.465 e. The molecule has 0 aromatic carbocycles. The lowest BCUT2D eigenvalue weighted by Crippen LogP contribution is -2.30. The maximum Gasteiger partial charge on any atom is 0.320 e. The highest BCUT2D eigenvalue weighted by Crippen LogP contribution is 2.21. The number of rotatable bonds is 10. The van der Waals surface area contributed by atoms with E-state index in [0.29, 0.717) is 25.6 Å². The Morgan fingerprint density at radius 3 is 1.58 bits per heavy atom. The van der Waals surface area contributed by atoms with Crippen LogP contribution in [0.25, 0.3) is 0 Å². The van der Waals surface area contributed by atoms with Crippen molar-refractivity contribution in [1.29, 1.82) is 0 Å². The molecule has 0 aromatic heterocycles. The van der Waals surface area contributed by atoms with Crippen molar-refractivity contribution in [2.75, 3.05) is 13.2 Å². The van der Waals surface area contributed by atoms with E-state index in [2.05, 4.69) is 13.8 Å². The van der Waals surface area contributed by atoms with Gasteiger partial charge in [-0.15, -0.1) is 0 Å².